The number of anilines is 2. The third-order valence-electron chi connectivity index (χ3n) is 6.90. The number of carbonyl (C=O) groups excluding carboxylic acids is 2. The minimum absolute atomic E-state index is 0.0257. The number of likely N-dealkylation sites (tertiary alicyclic amines) is 1. The number of nitrogens with zero attached hydrogens (tertiary/aromatic N) is 4. The fraction of sp³-hybridized carbons (Fsp3) is 0.333. The number of fused-ring (bicyclic) bond motifs is 2. The molecule has 0 bridgehead atoms. The first-order valence-electron chi connectivity index (χ1n) is 12.3. The molecule has 3 aromatic rings. The number of aromatic nitrogens is 2. The van der Waals surface area contributed by atoms with Gasteiger partial charge in [-0.15, -0.1) is 11.8 Å². The number of benzene rings is 1. The van der Waals surface area contributed by atoms with Crippen molar-refractivity contribution < 1.29 is 19.1 Å². The second kappa shape index (κ2) is 10.0. The van der Waals surface area contributed by atoms with Gasteiger partial charge >= 0.3 is 6.09 Å². The average Bonchev–Trinajstić information content (AvgIpc) is 3.52. The molecule has 0 unspecified atom stereocenters. The lowest BCUT2D eigenvalue weighted by Gasteiger charge is -2.20. The second-order valence-electron chi connectivity index (χ2n) is 9.42. The van der Waals surface area contributed by atoms with Gasteiger partial charge in [0.05, 0.1) is 36.1 Å². The van der Waals surface area contributed by atoms with Crippen LogP contribution in [0.25, 0.3) is 17.1 Å². The molecule has 6 rings (SSSR count). The van der Waals surface area contributed by atoms with Gasteiger partial charge in [0.15, 0.2) is 0 Å². The van der Waals surface area contributed by atoms with Crippen molar-refractivity contribution in [3.63, 3.8) is 0 Å². The van der Waals surface area contributed by atoms with Crippen molar-refractivity contribution in [2.45, 2.75) is 17.4 Å². The van der Waals surface area contributed by atoms with Crippen molar-refractivity contribution in [3.8, 4) is 5.88 Å². The van der Waals surface area contributed by atoms with Crippen LogP contribution in [0.5, 0.6) is 5.88 Å². The number of cyclic esters (lactones) is 1. The normalized spacial score (nSPS) is 21.9. The van der Waals surface area contributed by atoms with Gasteiger partial charge in [0, 0.05) is 41.5 Å². The number of hydrogen-bond acceptors (Lipinski definition) is 8. The zero-order valence-electron chi connectivity index (χ0n) is 20.4. The van der Waals surface area contributed by atoms with E-state index in [-0.39, 0.29) is 18.1 Å². The van der Waals surface area contributed by atoms with E-state index >= 15 is 0 Å². The zero-order valence-corrected chi connectivity index (χ0v) is 21.2. The number of pyridine rings is 2. The number of nitrogens with one attached hydrogen (secondary N) is 1. The van der Waals surface area contributed by atoms with E-state index in [1.54, 1.807) is 18.2 Å². The standard InChI is InChI=1S/C27H27N5O4S/c1-35-25-7-5-21-26(30-25)18(8-10-28-21)3-2-17-9-11-31(13-17)14-20-15-32(27(34)36-20)19-4-6-23-22(12-19)29-24(33)16-37-23/h2-8,10,12,17,20H,9,11,13-16H2,1H3,(H,29,33)/b3-2+/t17-,20-/m1/s1. The van der Waals surface area contributed by atoms with Crippen LogP contribution in [0.3, 0.4) is 0 Å². The molecule has 0 radical (unpaired) electrons. The molecule has 190 valence electrons. The van der Waals surface area contributed by atoms with E-state index < -0.39 is 0 Å². The number of amides is 2. The van der Waals surface area contributed by atoms with Crippen molar-refractivity contribution in [1.29, 1.82) is 0 Å². The first-order valence-corrected chi connectivity index (χ1v) is 13.3. The Labute approximate surface area is 218 Å². The molecule has 0 saturated carbocycles. The van der Waals surface area contributed by atoms with Crippen LogP contribution in [0.1, 0.15) is 12.0 Å². The number of hydrogen-bond donors (Lipinski definition) is 1. The van der Waals surface area contributed by atoms with E-state index in [1.165, 1.54) is 11.8 Å². The van der Waals surface area contributed by atoms with E-state index in [9.17, 15) is 9.59 Å². The van der Waals surface area contributed by atoms with Crippen LogP contribution in [0, 0.1) is 5.92 Å². The van der Waals surface area contributed by atoms with E-state index in [0.717, 1.165) is 52.4 Å². The van der Waals surface area contributed by atoms with Crippen molar-refractivity contribution in [3.05, 3.63) is 54.2 Å². The maximum absolute atomic E-state index is 12.6. The van der Waals surface area contributed by atoms with Crippen molar-refractivity contribution in [2.75, 3.05) is 49.3 Å². The predicted octanol–water partition coefficient (Wildman–Crippen LogP) is 4.04. The number of methoxy groups -OCH3 is 1. The Morgan fingerprint density at radius 3 is 3.03 bits per heavy atom. The molecule has 2 aromatic heterocycles. The van der Waals surface area contributed by atoms with Crippen molar-refractivity contribution >= 4 is 52.2 Å². The molecule has 2 fully saturated rings. The molecule has 3 aliphatic heterocycles. The summed E-state index contributed by atoms with van der Waals surface area (Å²) in [5.41, 5.74) is 4.17. The molecule has 0 spiro atoms. The Bertz CT molecular complexity index is 1400. The fourth-order valence-corrected chi connectivity index (χ4v) is 5.84. The van der Waals surface area contributed by atoms with Gasteiger partial charge < -0.3 is 14.8 Å². The predicted molar refractivity (Wildman–Crippen MR) is 143 cm³/mol. The zero-order chi connectivity index (χ0) is 25.4. The van der Waals surface area contributed by atoms with Gasteiger partial charge in [0.25, 0.3) is 0 Å². The Morgan fingerprint density at radius 1 is 1.22 bits per heavy atom. The summed E-state index contributed by atoms with van der Waals surface area (Å²) in [6, 6.07) is 11.4. The van der Waals surface area contributed by atoms with Gasteiger partial charge in [-0.1, -0.05) is 12.2 Å². The quantitative estimate of drug-likeness (QED) is 0.523. The van der Waals surface area contributed by atoms with E-state index in [1.807, 2.05) is 36.4 Å². The molecule has 5 heterocycles. The van der Waals surface area contributed by atoms with E-state index in [2.05, 4.69) is 32.3 Å². The summed E-state index contributed by atoms with van der Waals surface area (Å²) in [5.74, 6) is 1.36. The van der Waals surface area contributed by atoms with Gasteiger partial charge in [-0.2, -0.15) is 0 Å². The van der Waals surface area contributed by atoms with Gasteiger partial charge in [0.2, 0.25) is 11.8 Å². The molecule has 1 N–H and O–H groups in total. The van der Waals surface area contributed by atoms with Crippen LogP contribution < -0.4 is 15.0 Å². The average molecular weight is 518 g/mol. The highest BCUT2D eigenvalue weighted by molar-refractivity contribution is 8.00. The Kier molecular flexibility index (Phi) is 6.43. The van der Waals surface area contributed by atoms with E-state index in [0.29, 0.717) is 30.6 Å². The molecule has 10 heteroatoms. The maximum Gasteiger partial charge on any atom is 0.414 e. The van der Waals surface area contributed by atoms with Crippen LogP contribution in [-0.4, -0.2) is 72.0 Å². The number of thioether (sulfide) groups is 1. The fourth-order valence-electron chi connectivity index (χ4n) is 5.06. The maximum atomic E-state index is 12.6. The summed E-state index contributed by atoms with van der Waals surface area (Å²) in [7, 11) is 1.61. The topological polar surface area (TPSA) is 96.9 Å². The van der Waals surface area contributed by atoms with Crippen LogP contribution in [-0.2, 0) is 9.53 Å². The summed E-state index contributed by atoms with van der Waals surface area (Å²) >= 11 is 1.50. The van der Waals surface area contributed by atoms with Crippen LogP contribution >= 0.6 is 11.8 Å². The van der Waals surface area contributed by atoms with Crippen molar-refractivity contribution in [1.82, 2.24) is 14.9 Å². The molecule has 3 aliphatic rings. The third-order valence-corrected chi connectivity index (χ3v) is 7.97. The minimum Gasteiger partial charge on any atom is -0.481 e. The molecular formula is C27H27N5O4S. The van der Waals surface area contributed by atoms with E-state index in [4.69, 9.17) is 9.47 Å². The highest BCUT2D eigenvalue weighted by Gasteiger charge is 2.35. The Balaban J connectivity index is 1.07. The SMILES string of the molecule is COc1ccc2nccc(/C=C/[C@@H]3CCN(C[C@@H]4CN(c5ccc6c(c5)NC(=O)CS6)C(=O)O4)C3)c2n1. The van der Waals surface area contributed by atoms with Gasteiger partial charge in [-0.25, -0.2) is 9.78 Å². The highest BCUT2D eigenvalue weighted by atomic mass is 32.2. The first kappa shape index (κ1) is 23.7. The summed E-state index contributed by atoms with van der Waals surface area (Å²) in [4.78, 5) is 38.4. The molecule has 0 aliphatic carbocycles. The monoisotopic (exact) mass is 517 g/mol. The summed E-state index contributed by atoms with van der Waals surface area (Å²) in [6.07, 6.45) is 6.66. The molecule has 2 saturated heterocycles. The molecule has 2 atom stereocenters. The number of carbonyl (C=O) groups is 2. The van der Waals surface area contributed by atoms with Gasteiger partial charge in [-0.05, 0) is 49.2 Å². The first-order chi connectivity index (χ1) is 18.1. The molecular weight excluding hydrogens is 490 g/mol. The molecule has 1 aromatic carbocycles. The van der Waals surface area contributed by atoms with Crippen molar-refractivity contribution in [2.24, 2.45) is 5.92 Å². The molecule has 2 amide bonds. The summed E-state index contributed by atoms with van der Waals surface area (Å²) in [6.45, 7) is 3.05. The highest BCUT2D eigenvalue weighted by Crippen LogP contribution is 2.35. The molecule has 9 nitrogen and oxygen atoms in total. The van der Waals surface area contributed by atoms with Crippen LogP contribution in [0.4, 0.5) is 16.2 Å². The van der Waals surface area contributed by atoms with Gasteiger partial charge in [-0.3, -0.25) is 19.6 Å². The number of ether oxygens (including phenoxy) is 2. The van der Waals surface area contributed by atoms with Crippen LogP contribution in [0.15, 0.2) is 53.6 Å². The Morgan fingerprint density at radius 2 is 2.14 bits per heavy atom. The Hall–Kier alpha value is -3.63. The third kappa shape index (κ3) is 4.99. The largest absolute Gasteiger partial charge is 0.481 e. The lowest BCUT2D eigenvalue weighted by atomic mass is 10.1. The van der Waals surface area contributed by atoms with Gasteiger partial charge in [0.1, 0.15) is 6.10 Å². The smallest absolute Gasteiger partial charge is 0.414 e. The second-order valence-corrected chi connectivity index (χ2v) is 10.4. The lowest BCUT2D eigenvalue weighted by Crippen LogP contribution is -2.33. The summed E-state index contributed by atoms with van der Waals surface area (Å²) < 4.78 is 11.0. The number of rotatable bonds is 6. The van der Waals surface area contributed by atoms with Crippen LogP contribution in [0.2, 0.25) is 0 Å². The minimum atomic E-state index is -0.345. The lowest BCUT2D eigenvalue weighted by molar-refractivity contribution is -0.113. The molecule has 37 heavy (non-hydrogen) atoms. The summed E-state index contributed by atoms with van der Waals surface area (Å²) in [5, 5.41) is 2.89.